The zero-order chi connectivity index (χ0) is 17.1. The highest BCUT2D eigenvalue weighted by atomic mass is 35.5. The molecule has 0 unspecified atom stereocenters. The lowest BCUT2D eigenvalue weighted by Gasteiger charge is -2.17. The van der Waals surface area contributed by atoms with E-state index in [-0.39, 0.29) is 24.2 Å². The zero-order valence-electron chi connectivity index (χ0n) is 13.5. The number of carbonyl (C=O) groups excluding carboxylic acids is 2. The van der Waals surface area contributed by atoms with Gasteiger partial charge in [0, 0.05) is 29.4 Å². The number of aryl methyl sites for hydroxylation is 1. The summed E-state index contributed by atoms with van der Waals surface area (Å²) in [6, 6.07) is 14.9. The van der Waals surface area contributed by atoms with Crippen LogP contribution in [0.15, 0.2) is 48.5 Å². The molecule has 1 aliphatic rings. The Morgan fingerprint density at radius 3 is 2.67 bits per heavy atom. The van der Waals surface area contributed by atoms with Gasteiger partial charge in [-0.1, -0.05) is 36.7 Å². The highest BCUT2D eigenvalue weighted by Crippen LogP contribution is 2.27. The lowest BCUT2D eigenvalue weighted by Crippen LogP contribution is -2.28. The molecular formula is C19H19ClN2O2. The van der Waals surface area contributed by atoms with E-state index in [0.29, 0.717) is 11.6 Å². The van der Waals surface area contributed by atoms with E-state index in [1.807, 2.05) is 30.3 Å². The van der Waals surface area contributed by atoms with Crippen LogP contribution in [-0.4, -0.2) is 18.4 Å². The molecule has 24 heavy (non-hydrogen) atoms. The number of anilines is 2. The Balaban J connectivity index is 1.67. The predicted octanol–water partition coefficient (Wildman–Crippen LogP) is 3.89. The summed E-state index contributed by atoms with van der Waals surface area (Å²) in [6.07, 6.45) is 1.17. The number of rotatable bonds is 4. The van der Waals surface area contributed by atoms with Gasteiger partial charge < -0.3 is 10.2 Å². The maximum absolute atomic E-state index is 12.4. The Labute approximate surface area is 146 Å². The molecule has 0 bridgehead atoms. The molecule has 124 valence electrons. The van der Waals surface area contributed by atoms with Gasteiger partial charge in [-0.2, -0.15) is 0 Å². The van der Waals surface area contributed by atoms with Crippen molar-refractivity contribution in [3.63, 3.8) is 0 Å². The zero-order valence-corrected chi connectivity index (χ0v) is 14.2. The van der Waals surface area contributed by atoms with Gasteiger partial charge in [-0.15, -0.1) is 0 Å². The Morgan fingerprint density at radius 1 is 1.25 bits per heavy atom. The normalized spacial score (nSPS) is 17.2. The summed E-state index contributed by atoms with van der Waals surface area (Å²) < 4.78 is 0. The second kappa shape index (κ2) is 7.05. The highest BCUT2D eigenvalue weighted by Gasteiger charge is 2.35. The molecule has 1 saturated heterocycles. The summed E-state index contributed by atoms with van der Waals surface area (Å²) in [7, 11) is 0. The van der Waals surface area contributed by atoms with E-state index in [4.69, 9.17) is 11.6 Å². The quantitative estimate of drug-likeness (QED) is 0.916. The van der Waals surface area contributed by atoms with Crippen LogP contribution in [-0.2, 0) is 16.0 Å². The Morgan fingerprint density at radius 2 is 2.00 bits per heavy atom. The molecule has 3 rings (SSSR count). The number of halogens is 1. The Bertz CT molecular complexity index is 758. The SMILES string of the molecule is CCc1ccc(NC(=O)[C@@H]2CC(=O)N(c3cccc(Cl)c3)C2)cc1. The third kappa shape index (κ3) is 3.60. The average molecular weight is 343 g/mol. The molecular weight excluding hydrogens is 324 g/mol. The molecule has 0 spiro atoms. The maximum atomic E-state index is 12.4. The van der Waals surface area contributed by atoms with Crippen molar-refractivity contribution >= 4 is 34.8 Å². The number of nitrogens with zero attached hydrogens (tertiary/aromatic N) is 1. The van der Waals surface area contributed by atoms with Crippen LogP contribution in [0.5, 0.6) is 0 Å². The van der Waals surface area contributed by atoms with Gasteiger partial charge in [0.1, 0.15) is 0 Å². The molecule has 2 aromatic rings. The minimum Gasteiger partial charge on any atom is -0.326 e. The third-order valence-electron chi connectivity index (χ3n) is 4.25. The summed E-state index contributed by atoms with van der Waals surface area (Å²) in [6.45, 7) is 2.46. The van der Waals surface area contributed by atoms with E-state index in [9.17, 15) is 9.59 Å². The van der Waals surface area contributed by atoms with Crippen molar-refractivity contribution in [3.05, 3.63) is 59.1 Å². The molecule has 0 aromatic heterocycles. The van der Waals surface area contributed by atoms with Crippen LogP contribution < -0.4 is 10.2 Å². The van der Waals surface area contributed by atoms with E-state index in [1.54, 1.807) is 23.1 Å². The van der Waals surface area contributed by atoms with Crippen LogP contribution in [0.2, 0.25) is 5.02 Å². The average Bonchev–Trinajstić information content (AvgIpc) is 2.97. The molecule has 1 fully saturated rings. The summed E-state index contributed by atoms with van der Waals surface area (Å²) in [5.74, 6) is -0.543. The van der Waals surface area contributed by atoms with Crippen LogP contribution >= 0.6 is 11.6 Å². The van der Waals surface area contributed by atoms with E-state index in [2.05, 4.69) is 12.2 Å². The second-order valence-corrected chi connectivity index (χ2v) is 6.36. The van der Waals surface area contributed by atoms with Crippen molar-refractivity contribution in [1.29, 1.82) is 0 Å². The fourth-order valence-corrected chi connectivity index (χ4v) is 3.03. The number of carbonyl (C=O) groups is 2. The fourth-order valence-electron chi connectivity index (χ4n) is 2.84. The molecule has 5 heteroatoms. The molecule has 0 aliphatic carbocycles. The van der Waals surface area contributed by atoms with Crippen molar-refractivity contribution in [2.45, 2.75) is 19.8 Å². The molecule has 0 radical (unpaired) electrons. The molecule has 2 aromatic carbocycles. The van der Waals surface area contributed by atoms with Gasteiger partial charge in [0.2, 0.25) is 11.8 Å². The number of amides is 2. The van der Waals surface area contributed by atoms with Crippen LogP contribution in [0.3, 0.4) is 0 Å². The first-order valence-electron chi connectivity index (χ1n) is 8.02. The predicted molar refractivity (Wildman–Crippen MR) is 96.4 cm³/mol. The van der Waals surface area contributed by atoms with Gasteiger partial charge in [0.25, 0.3) is 0 Å². The molecule has 1 N–H and O–H groups in total. The lowest BCUT2D eigenvalue weighted by molar-refractivity contribution is -0.122. The van der Waals surface area contributed by atoms with E-state index in [1.165, 1.54) is 5.56 Å². The standard InChI is InChI=1S/C19H19ClN2O2/c1-2-13-6-8-16(9-7-13)21-19(24)14-10-18(23)22(12-14)17-5-3-4-15(20)11-17/h3-9,11,14H,2,10,12H2,1H3,(H,21,24)/t14-/m1/s1. The van der Waals surface area contributed by atoms with Crippen molar-refractivity contribution < 1.29 is 9.59 Å². The van der Waals surface area contributed by atoms with Crippen molar-refractivity contribution in [1.82, 2.24) is 0 Å². The Kier molecular flexibility index (Phi) is 4.86. The molecule has 1 atom stereocenters. The van der Waals surface area contributed by atoms with Gasteiger partial charge in [-0.05, 0) is 42.3 Å². The van der Waals surface area contributed by atoms with Gasteiger partial charge in [0.15, 0.2) is 0 Å². The minimum atomic E-state index is -0.359. The van der Waals surface area contributed by atoms with Crippen LogP contribution in [0.25, 0.3) is 0 Å². The minimum absolute atomic E-state index is 0.0567. The van der Waals surface area contributed by atoms with Gasteiger partial charge in [0.05, 0.1) is 5.92 Å². The van der Waals surface area contributed by atoms with Crippen molar-refractivity contribution in [3.8, 4) is 0 Å². The maximum Gasteiger partial charge on any atom is 0.229 e. The number of hydrogen-bond acceptors (Lipinski definition) is 2. The van der Waals surface area contributed by atoms with Crippen molar-refractivity contribution in [2.24, 2.45) is 5.92 Å². The number of benzene rings is 2. The van der Waals surface area contributed by atoms with Crippen LogP contribution in [0.4, 0.5) is 11.4 Å². The Hall–Kier alpha value is -2.33. The highest BCUT2D eigenvalue weighted by molar-refractivity contribution is 6.31. The van der Waals surface area contributed by atoms with Gasteiger partial charge in [-0.25, -0.2) is 0 Å². The molecule has 2 amide bonds. The molecule has 1 heterocycles. The second-order valence-electron chi connectivity index (χ2n) is 5.92. The lowest BCUT2D eigenvalue weighted by atomic mass is 10.1. The summed E-state index contributed by atoms with van der Waals surface area (Å²) in [5, 5.41) is 3.47. The van der Waals surface area contributed by atoms with Crippen LogP contribution in [0, 0.1) is 5.92 Å². The molecule has 1 aliphatic heterocycles. The van der Waals surface area contributed by atoms with E-state index >= 15 is 0 Å². The van der Waals surface area contributed by atoms with E-state index < -0.39 is 0 Å². The molecule has 0 saturated carbocycles. The fraction of sp³-hybridized carbons (Fsp3) is 0.263. The third-order valence-corrected chi connectivity index (χ3v) is 4.48. The summed E-state index contributed by atoms with van der Waals surface area (Å²) >= 11 is 5.98. The largest absolute Gasteiger partial charge is 0.326 e. The smallest absolute Gasteiger partial charge is 0.229 e. The first kappa shape index (κ1) is 16.5. The molecule has 4 nitrogen and oxygen atoms in total. The number of hydrogen-bond donors (Lipinski definition) is 1. The van der Waals surface area contributed by atoms with Gasteiger partial charge in [-0.3, -0.25) is 9.59 Å². The van der Waals surface area contributed by atoms with Gasteiger partial charge >= 0.3 is 0 Å². The monoisotopic (exact) mass is 342 g/mol. The topological polar surface area (TPSA) is 49.4 Å². The van der Waals surface area contributed by atoms with Crippen molar-refractivity contribution in [2.75, 3.05) is 16.8 Å². The van der Waals surface area contributed by atoms with Crippen LogP contribution in [0.1, 0.15) is 18.9 Å². The first-order chi connectivity index (χ1) is 11.6. The first-order valence-corrected chi connectivity index (χ1v) is 8.40. The summed E-state index contributed by atoms with van der Waals surface area (Å²) in [4.78, 5) is 26.3. The van der Waals surface area contributed by atoms with E-state index in [0.717, 1.165) is 17.8 Å². The summed E-state index contributed by atoms with van der Waals surface area (Å²) in [5.41, 5.74) is 2.71. The number of nitrogens with one attached hydrogen (secondary N) is 1.